The first-order chi connectivity index (χ1) is 47.0. The Morgan fingerprint density at radius 1 is 0.490 bits per heavy atom. The fourth-order valence-corrected chi connectivity index (χ4v) is 11.1. The predicted octanol–water partition coefficient (Wildman–Crippen LogP) is -7.74. The van der Waals surface area contributed by atoms with Crippen molar-refractivity contribution in [2.45, 2.75) is 212 Å². The second-order valence-corrected chi connectivity index (χ2v) is 26.7. The summed E-state index contributed by atoms with van der Waals surface area (Å²) in [6, 6.07) is -19.7. The lowest BCUT2D eigenvalue weighted by Crippen LogP contribution is -2.61. The van der Waals surface area contributed by atoms with Crippen LogP contribution in [0.1, 0.15) is 127 Å². The number of thioether (sulfide) groups is 1. The van der Waals surface area contributed by atoms with Crippen LogP contribution >= 0.6 is 11.8 Å². The lowest BCUT2D eigenvalue weighted by Gasteiger charge is -2.34. The molecule has 0 aromatic heterocycles. The van der Waals surface area contributed by atoms with Crippen LogP contribution in [0, 0.1) is 23.7 Å². The average molecular weight is 1440 g/mol. The van der Waals surface area contributed by atoms with Gasteiger partial charge in [-0.2, -0.15) is 11.8 Å². The minimum atomic E-state index is -1.79. The highest BCUT2D eigenvalue weighted by atomic mass is 32.2. The number of amides is 15. The molecule has 38 heteroatoms. The van der Waals surface area contributed by atoms with Crippen LogP contribution in [-0.2, 0) is 76.7 Å². The Morgan fingerprint density at radius 3 is 1.42 bits per heavy atom. The van der Waals surface area contributed by atoms with Crippen molar-refractivity contribution in [1.82, 2.24) is 73.6 Å². The normalized spacial score (nSPS) is 18.5. The van der Waals surface area contributed by atoms with Gasteiger partial charge in [0.15, 0.2) is 0 Å². The van der Waals surface area contributed by atoms with Crippen LogP contribution in [0.2, 0.25) is 0 Å². The Kier molecular flexibility index (Phi) is 38.1. The van der Waals surface area contributed by atoms with Gasteiger partial charge in [-0.05, 0) is 88.1 Å². The summed E-state index contributed by atoms with van der Waals surface area (Å²) in [6.45, 7) is 11.1. The van der Waals surface area contributed by atoms with Crippen molar-refractivity contribution in [2.24, 2.45) is 35.1 Å². The Labute approximate surface area is 584 Å². The molecule has 100 heavy (non-hydrogen) atoms. The van der Waals surface area contributed by atoms with Gasteiger partial charge in [0.1, 0.15) is 78.5 Å². The average Bonchev–Trinajstić information content (AvgIpc) is 1.63. The lowest BCUT2D eigenvalue weighted by atomic mass is 9.96. The molecule has 2 aliphatic rings. The highest BCUT2D eigenvalue weighted by molar-refractivity contribution is 7.98. The molecule has 2 heterocycles. The number of nitrogens with zero attached hydrogens (tertiary/aromatic N) is 2. The van der Waals surface area contributed by atoms with Crippen LogP contribution in [0.25, 0.3) is 0 Å². The van der Waals surface area contributed by atoms with Gasteiger partial charge in [0.05, 0.1) is 45.4 Å². The number of hydrogen-bond donors (Lipinski definition) is 19. The number of aliphatic hydroxyl groups is 4. The second kappa shape index (κ2) is 43.4. The number of nitrogens with one attached hydrogen (secondary N) is 12. The lowest BCUT2D eigenvalue weighted by molar-refractivity contribution is -0.148. The van der Waals surface area contributed by atoms with Crippen LogP contribution in [0.3, 0.4) is 0 Å². The van der Waals surface area contributed by atoms with Crippen LogP contribution in [0.5, 0.6) is 0 Å². The standard InChI is InChI=1S/C62H106N16O21S/c1-12-31(7)47(75-52(88)36(23-44(64)83)69-51(87)35(63)18-21-100-11)57(93)65-24-45(84)68-38(25-79)55(91)71-39(26-80)53(89)66-33(9)49(85)70-37(22-29(3)4)60(96)78-20-15-17-43(78)61(97)77-19-14-16-42(77)56(92)72-40(27-81)54(90)67-34(10)50(86)74-46(30(5)6)58(94)76-48(32(8)13-2)59(95)73-41(28-82)62(98)99/h29-43,46-48,79-82H,12-28,63H2,1-11H3,(H2,64,83)(H,65,93)(H,66,89)(H,67,90)(H,68,84)(H,69,87)(H,70,85)(H,71,91)(H,72,92)(H,73,95)(H,74,86)(H,75,88)(H,76,94)(H,98,99)/t31-,32-,33-,34-,35-,36-,37-,38-,39-,40-,41-,42-,43-,46-,47-,48-/m0/s1. The van der Waals surface area contributed by atoms with E-state index in [1.54, 1.807) is 61.6 Å². The number of carboxylic acids is 1. The summed E-state index contributed by atoms with van der Waals surface area (Å²) in [5.41, 5.74) is 11.3. The van der Waals surface area contributed by atoms with Crippen molar-refractivity contribution < 1.29 is 102 Å². The Morgan fingerprint density at radius 2 is 0.920 bits per heavy atom. The maximum absolute atomic E-state index is 14.5. The Balaban J connectivity index is 2.12. The van der Waals surface area contributed by atoms with E-state index in [0.717, 1.165) is 0 Å². The van der Waals surface area contributed by atoms with Crippen LogP contribution in [-0.4, -0.2) is 273 Å². The number of likely N-dealkylation sites (tertiary alicyclic amines) is 2. The zero-order valence-electron chi connectivity index (χ0n) is 58.6. The van der Waals surface area contributed by atoms with E-state index in [4.69, 9.17) is 11.5 Å². The molecule has 15 amide bonds. The number of hydrogen-bond acceptors (Lipinski definition) is 22. The molecule has 0 spiro atoms. The predicted molar refractivity (Wildman–Crippen MR) is 359 cm³/mol. The molecule has 0 aromatic rings. The first kappa shape index (κ1) is 87.8. The van der Waals surface area contributed by atoms with Gasteiger partial charge in [-0.25, -0.2) is 4.79 Å². The van der Waals surface area contributed by atoms with Gasteiger partial charge in [-0.15, -0.1) is 0 Å². The topological polar surface area (TPSA) is 577 Å². The van der Waals surface area contributed by atoms with E-state index < -0.39 is 236 Å². The molecule has 0 aromatic carbocycles. The zero-order valence-corrected chi connectivity index (χ0v) is 59.5. The zero-order chi connectivity index (χ0) is 76.0. The molecule has 0 unspecified atom stereocenters. The molecule has 2 fully saturated rings. The number of carboxylic acid groups (broad SMARTS) is 1. The van der Waals surface area contributed by atoms with Gasteiger partial charge in [-0.1, -0.05) is 68.2 Å². The van der Waals surface area contributed by atoms with E-state index in [-0.39, 0.29) is 44.7 Å². The van der Waals surface area contributed by atoms with E-state index in [2.05, 4.69) is 63.8 Å². The van der Waals surface area contributed by atoms with Gasteiger partial charge >= 0.3 is 5.97 Å². The summed E-state index contributed by atoms with van der Waals surface area (Å²) in [5.74, 6) is -16.5. The number of nitrogens with two attached hydrogens (primary N) is 2. The molecule has 2 saturated heterocycles. The molecule has 2 aliphatic heterocycles. The van der Waals surface area contributed by atoms with Crippen molar-refractivity contribution in [1.29, 1.82) is 0 Å². The van der Waals surface area contributed by atoms with Crippen molar-refractivity contribution >= 4 is 106 Å². The van der Waals surface area contributed by atoms with E-state index >= 15 is 0 Å². The van der Waals surface area contributed by atoms with Crippen molar-refractivity contribution in [3.05, 3.63) is 0 Å². The van der Waals surface area contributed by atoms with Crippen molar-refractivity contribution in [2.75, 3.05) is 58.1 Å². The number of aliphatic hydroxyl groups excluding tert-OH is 4. The quantitative estimate of drug-likeness (QED) is 0.0270. The minimum absolute atomic E-state index is 0.0379. The summed E-state index contributed by atoms with van der Waals surface area (Å²) in [5, 5.41) is 77.8. The summed E-state index contributed by atoms with van der Waals surface area (Å²) >= 11 is 1.43. The number of rotatable bonds is 43. The third-order valence-corrected chi connectivity index (χ3v) is 17.7. The molecular weight excluding hydrogens is 1340 g/mol. The smallest absolute Gasteiger partial charge is 0.328 e. The van der Waals surface area contributed by atoms with Gasteiger partial charge < -0.3 is 111 Å². The molecule has 0 bridgehead atoms. The Hall–Kier alpha value is -8.33. The molecule has 0 saturated carbocycles. The largest absolute Gasteiger partial charge is 0.480 e. The molecule has 0 radical (unpaired) electrons. The van der Waals surface area contributed by atoms with Crippen LogP contribution in [0.4, 0.5) is 0 Å². The number of carbonyl (C=O) groups excluding carboxylic acids is 15. The monoisotopic (exact) mass is 1440 g/mol. The van der Waals surface area contributed by atoms with Gasteiger partial charge in [0.25, 0.3) is 0 Å². The first-order valence-electron chi connectivity index (χ1n) is 33.4. The number of aliphatic carboxylic acids is 1. The minimum Gasteiger partial charge on any atom is -0.480 e. The molecule has 21 N–H and O–H groups in total. The molecular formula is C62H106N16O21S. The van der Waals surface area contributed by atoms with E-state index in [1.165, 1.54) is 35.4 Å². The molecule has 37 nitrogen and oxygen atoms in total. The highest BCUT2D eigenvalue weighted by Gasteiger charge is 2.45. The molecule has 16 atom stereocenters. The molecule has 0 aliphatic carbocycles. The van der Waals surface area contributed by atoms with Gasteiger partial charge in [0.2, 0.25) is 88.6 Å². The fraction of sp³-hybridized carbons (Fsp3) is 0.742. The second-order valence-electron chi connectivity index (χ2n) is 25.7. The van der Waals surface area contributed by atoms with Crippen molar-refractivity contribution in [3.8, 4) is 0 Å². The van der Waals surface area contributed by atoms with Crippen LogP contribution < -0.4 is 75.3 Å². The van der Waals surface area contributed by atoms with Gasteiger partial charge in [0, 0.05) is 13.1 Å². The van der Waals surface area contributed by atoms with Gasteiger partial charge in [-0.3, -0.25) is 71.9 Å². The summed E-state index contributed by atoms with van der Waals surface area (Å²) in [7, 11) is 0. The van der Waals surface area contributed by atoms with Crippen LogP contribution in [0.15, 0.2) is 0 Å². The third kappa shape index (κ3) is 27.3. The maximum atomic E-state index is 14.5. The first-order valence-corrected chi connectivity index (χ1v) is 34.8. The molecule has 566 valence electrons. The SMILES string of the molecule is CC[C@H](C)[C@H](NC(=O)[C@H](CC(N)=O)NC(=O)[C@@H](N)CCSC)C(=O)NCC(=O)N[C@@H](CO)C(=O)N[C@@H](CO)C(=O)N[C@@H](C)C(=O)N[C@@H](CC(C)C)C(=O)N1CCC[C@H]1C(=O)N1CCC[C@H]1C(=O)N[C@@H](CO)C(=O)N[C@@H](C)C(=O)N[C@H](C(=O)N[C@H](C(=O)N[C@@H](CO)C(=O)O)[C@@H](C)CC)C(C)C. The third-order valence-electron chi connectivity index (χ3n) is 17.0. The van der Waals surface area contributed by atoms with E-state index in [1.807, 2.05) is 0 Å². The summed E-state index contributed by atoms with van der Waals surface area (Å²) < 4.78 is 0. The van der Waals surface area contributed by atoms with E-state index in [9.17, 15) is 102 Å². The maximum Gasteiger partial charge on any atom is 0.328 e. The van der Waals surface area contributed by atoms with E-state index in [0.29, 0.717) is 31.4 Å². The Bertz CT molecular complexity index is 2880. The fourth-order valence-electron chi connectivity index (χ4n) is 10.6. The highest BCUT2D eigenvalue weighted by Crippen LogP contribution is 2.27. The van der Waals surface area contributed by atoms with Crippen molar-refractivity contribution in [3.63, 3.8) is 0 Å². The number of carbonyl (C=O) groups is 16. The summed E-state index contributed by atoms with van der Waals surface area (Å²) in [4.78, 5) is 215. The molecule has 2 rings (SSSR count). The number of primary amides is 1. The summed E-state index contributed by atoms with van der Waals surface area (Å²) in [6.07, 6.45) is 3.07.